The van der Waals surface area contributed by atoms with E-state index >= 15 is 0 Å². The summed E-state index contributed by atoms with van der Waals surface area (Å²) in [6.45, 7) is 4.07. The van der Waals surface area contributed by atoms with E-state index in [-0.39, 0.29) is 0 Å². The third-order valence-electron chi connectivity index (χ3n) is 2.53. The summed E-state index contributed by atoms with van der Waals surface area (Å²) < 4.78 is 0. The van der Waals surface area contributed by atoms with Gasteiger partial charge in [0.1, 0.15) is 0 Å². The van der Waals surface area contributed by atoms with Crippen LogP contribution in [-0.2, 0) is 0 Å². The number of hydrogen-bond acceptors (Lipinski definition) is 1. The number of hydrogen-bond donors (Lipinski definition) is 1. The van der Waals surface area contributed by atoms with Crippen molar-refractivity contribution in [3.8, 4) is 0 Å². The molecule has 0 spiro atoms. The summed E-state index contributed by atoms with van der Waals surface area (Å²) in [6, 6.07) is 0.682. The molecule has 2 atom stereocenters. The summed E-state index contributed by atoms with van der Waals surface area (Å²) in [7, 11) is 0. The minimum Gasteiger partial charge on any atom is -0.387 e. The molecule has 1 saturated carbocycles. The van der Waals surface area contributed by atoms with Crippen molar-refractivity contribution < 1.29 is 0 Å². The van der Waals surface area contributed by atoms with Crippen molar-refractivity contribution in [2.45, 2.75) is 25.3 Å². The summed E-state index contributed by atoms with van der Waals surface area (Å²) in [5.74, 6) is 0.647. The second-order valence-electron chi connectivity index (χ2n) is 3.21. The predicted octanol–water partition coefficient (Wildman–Crippen LogP) is 1.83. The van der Waals surface area contributed by atoms with Crippen molar-refractivity contribution in [2.24, 2.45) is 5.92 Å². The fourth-order valence-corrected chi connectivity index (χ4v) is 1.92. The van der Waals surface area contributed by atoms with Crippen molar-refractivity contribution in [2.75, 3.05) is 0 Å². The van der Waals surface area contributed by atoms with E-state index in [9.17, 15) is 0 Å². The van der Waals surface area contributed by atoms with Crippen molar-refractivity contribution >= 4 is 0 Å². The van der Waals surface area contributed by atoms with Crippen LogP contribution in [0, 0.1) is 5.92 Å². The van der Waals surface area contributed by atoms with Crippen LogP contribution in [0.2, 0.25) is 0 Å². The minimum absolute atomic E-state index is 0.647. The lowest BCUT2D eigenvalue weighted by molar-refractivity contribution is 0.427. The molecule has 2 unspecified atom stereocenters. The van der Waals surface area contributed by atoms with Crippen molar-refractivity contribution in [3.63, 3.8) is 0 Å². The molecule has 1 nitrogen and oxygen atoms in total. The molecular formula is C9H13N. The van der Waals surface area contributed by atoms with E-state index in [0.717, 1.165) is 0 Å². The highest BCUT2D eigenvalue weighted by atomic mass is 14.9. The zero-order valence-corrected chi connectivity index (χ0v) is 6.14. The number of fused-ring (bicyclic) bond motifs is 1. The maximum atomic E-state index is 4.07. The molecule has 0 aromatic rings. The molecule has 10 heavy (non-hydrogen) atoms. The lowest BCUT2D eigenvalue weighted by atomic mass is 9.83. The Kier molecular flexibility index (Phi) is 1.30. The van der Waals surface area contributed by atoms with E-state index in [1.54, 1.807) is 0 Å². The monoisotopic (exact) mass is 135 g/mol. The minimum atomic E-state index is 0.647. The van der Waals surface area contributed by atoms with E-state index in [2.05, 4.69) is 24.2 Å². The fraction of sp³-hybridized carbons (Fsp3) is 0.556. The van der Waals surface area contributed by atoms with Gasteiger partial charge in [-0.2, -0.15) is 0 Å². The van der Waals surface area contributed by atoms with Crippen LogP contribution in [0.5, 0.6) is 0 Å². The first-order valence-corrected chi connectivity index (χ1v) is 3.98. The Hall–Kier alpha value is -0.720. The van der Waals surface area contributed by atoms with Gasteiger partial charge in [-0.1, -0.05) is 18.2 Å². The maximum Gasteiger partial charge on any atom is 0.0356 e. The van der Waals surface area contributed by atoms with Crippen LogP contribution in [0.4, 0.5) is 0 Å². The first-order chi connectivity index (χ1) is 4.88. The summed E-state index contributed by atoms with van der Waals surface area (Å²) in [5, 5.41) is 3.35. The van der Waals surface area contributed by atoms with Crippen LogP contribution in [0.1, 0.15) is 19.3 Å². The van der Waals surface area contributed by atoms with Crippen LogP contribution in [0.25, 0.3) is 0 Å². The molecule has 1 heteroatoms. The molecule has 1 fully saturated rings. The van der Waals surface area contributed by atoms with Crippen molar-refractivity contribution in [3.05, 3.63) is 24.4 Å². The van der Waals surface area contributed by atoms with Crippen LogP contribution in [0.3, 0.4) is 0 Å². The summed E-state index contributed by atoms with van der Waals surface area (Å²) in [4.78, 5) is 0. The zero-order chi connectivity index (χ0) is 6.97. The van der Waals surface area contributed by atoms with Gasteiger partial charge in [-0.15, -0.1) is 0 Å². The second-order valence-corrected chi connectivity index (χ2v) is 3.21. The Morgan fingerprint density at radius 2 is 2.50 bits per heavy atom. The molecule has 0 aromatic heterocycles. The average Bonchev–Trinajstić information content (AvgIpc) is 2.36. The normalized spacial score (nSPS) is 37.4. The molecule has 2 aliphatic rings. The van der Waals surface area contributed by atoms with Gasteiger partial charge >= 0.3 is 0 Å². The van der Waals surface area contributed by atoms with Crippen LogP contribution in [0.15, 0.2) is 24.4 Å². The van der Waals surface area contributed by atoms with Gasteiger partial charge in [0.25, 0.3) is 0 Å². The Morgan fingerprint density at radius 1 is 1.60 bits per heavy atom. The largest absolute Gasteiger partial charge is 0.387 e. The number of rotatable bonds is 0. The molecule has 1 aliphatic carbocycles. The van der Waals surface area contributed by atoms with Gasteiger partial charge in [0.15, 0.2) is 0 Å². The molecule has 0 bridgehead atoms. The fourth-order valence-electron chi connectivity index (χ4n) is 1.92. The molecule has 0 amide bonds. The van der Waals surface area contributed by atoms with Gasteiger partial charge in [-0.3, -0.25) is 0 Å². The zero-order valence-electron chi connectivity index (χ0n) is 6.14. The highest BCUT2D eigenvalue weighted by Crippen LogP contribution is 2.31. The van der Waals surface area contributed by atoms with Gasteiger partial charge in [-0.25, -0.2) is 0 Å². The molecule has 0 aromatic carbocycles. The first-order valence-electron chi connectivity index (χ1n) is 3.98. The molecule has 1 heterocycles. The molecule has 1 N–H and O–H groups in total. The lowest BCUT2D eigenvalue weighted by Crippen LogP contribution is -2.30. The Morgan fingerprint density at radius 3 is 3.30 bits per heavy atom. The smallest absolute Gasteiger partial charge is 0.0356 e. The molecule has 54 valence electrons. The summed E-state index contributed by atoms with van der Waals surface area (Å²) in [6.07, 6.45) is 8.18. The van der Waals surface area contributed by atoms with E-state index in [1.165, 1.54) is 24.8 Å². The van der Waals surface area contributed by atoms with E-state index in [4.69, 9.17) is 0 Å². The van der Waals surface area contributed by atoms with Crippen molar-refractivity contribution in [1.82, 2.24) is 5.32 Å². The second kappa shape index (κ2) is 2.15. The average molecular weight is 135 g/mol. The highest BCUT2D eigenvalue weighted by Gasteiger charge is 2.27. The van der Waals surface area contributed by atoms with E-state index in [0.29, 0.717) is 12.0 Å². The Bertz CT molecular complexity index is 181. The third kappa shape index (κ3) is 0.772. The molecule has 0 saturated heterocycles. The standard InChI is InChI=1S/C9H13N/c1-7-3-2-4-9-8(7)5-6-10-9/h5-6,8-10H,1-4H2. The number of nitrogens with one attached hydrogen (secondary N) is 1. The van der Waals surface area contributed by atoms with E-state index in [1.807, 2.05) is 0 Å². The summed E-state index contributed by atoms with van der Waals surface area (Å²) >= 11 is 0. The van der Waals surface area contributed by atoms with Gasteiger partial charge in [0.05, 0.1) is 0 Å². The molecule has 2 rings (SSSR count). The predicted molar refractivity (Wildman–Crippen MR) is 42.5 cm³/mol. The summed E-state index contributed by atoms with van der Waals surface area (Å²) in [5.41, 5.74) is 1.41. The topological polar surface area (TPSA) is 12.0 Å². The Balaban J connectivity index is 2.16. The van der Waals surface area contributed by atoms with Gasteiger partial charge < -0.3 is 5.32 Å². The van der Waals surface area contributed by atoms with Gasteiger partial charge in [-0.05, 0) is 25.5 Å². The SMILES string of the molecule is C=C1CCCC2NC=CC12. The van der Waals surface area contributed by atoms with Crippen LogP contribution in [-0.4, -0.2) is 6.04 Å². The molecular weight excluding hydrogens is 122 g/mol. The first kappa shape index (κ1) is 6.02. The van der Waals surface area contributed by atoms with Crippen LogP contribution < -0.4 is 5.32 Å². The lowest BCUT2D eigenvalue weighted by Gasteiger charge is -2.26. The maximum absolute atomic E-state index is 4.07. The molecule has 1 aliphatic heterocycles. The Labute approximate surface area is 61.8 Å². The molecule has 0 radical (unpaired) electrons. The third-order valence-corrected chi connectivity index (χ3v) is 2.53. The van der Waals surface area contributed by atoms with Gasteiger partial charge in [0.2, 0.25) is 0 Å². The van der Waals surface area contributed by atoms with Crippen LogP contribution >= 0.6 is 0 Å². The van der Waals surface area contributed by atoms with E-state index < -0.39 is 0 Å². The highest BCUT2D eigenvalue weighted by molar-refractivity contribution is 5.20. The van der Waals surface area contributed by atoms with Gasteiger partial charge in [0, 0.05) is 12.0 Å². The quantitative estimate of drug-likeness (QED) is 0.500. The van der Waals surface area contributed by atoms with Crippen molar-refractivity contribution in [1.29, 1.82) is 0 Å².